The van der Waals surface area contributed by atoms with Crippen molar-refractivity contribution in [3.05, 3.63) is 108 Å². The number of rotatable bonds is 8. The summed E-state index contributed by atoms with van der Waals surface area (Å²) in [4.78, 5) is 43.1. The van der Waals surface area contributed by atoms with E-state index in [0.717, 1.165) is 24.0 Å². The highest BCUT2D eigenvalue weighted by Crippen LogP contribution is 2.41. The predicted molar refractivity (Wildman–Crippen MR) is 142 cm³/mol. The SMILES string of the molecule is O=C(CN(C(=O)OCc1ccccc1)[C@H]1CC[C@@H]2CCN(C(=O)OCc3ccccc3)[C@@H]21)c1ccccc1. The van der Waals surface area contributed by atoms with E-state index in [1.165, 1.54) is 4.90 Å². The summed E-state index contributed by atoms with van der Waals surface area (Å²) in [5.74, 6) is 0.0856. The lowest BCUT2D eigenvalue weighted by Gasteiger charge is -2.35. The minimum absolute atomic E-state index is 0.110. The molecule has 7 heteroatoms. The summed E-state index contributed by atoms with van der Waals surface area (Å²) >= 11 is 0. The fourth-order valence-electron chi connectivity index (χ4n) is 5.62. The maximum absolute atomic E-state index is 13.5. The highest BCUT2D eigenvalue weighted by molar-refractivity contribution is 5.99. The molecule has 1 aliphatic heterocycles. The number of ether oxygens (including phenoxy) is 2. The van der Waals surface area contributed by atoms with Crippen molar-refractivity contribution in [1.82, 2.24) is 9.80 Å². The van der Waals surface area contributed by atoms with Crippen LogP contribution in [0.2, 0.25) is 0 Å². The van der Waals surface area contributed by atoms with E-state index in [-0.39, 0.29) is 49.6 Å². The Kier molecular flexibility index (Phi) is 8.02. The second kappa shape index (κ2) is 11.9. The van der Waals surface area contributed by atoms with Crippen molar-refractivity contribution < 1.29 is 23.9 Å². The number of hydrogen-bond acceptors (Lipinski definition) is 5. The van der Waals surface area contributed by atoms with Crippen LogP contribution < -0.4 is 0 Å². The Morgan fingerprint density at radius 3 is 1.95 bits per heavy atom. The summed E-state index contributed by atoms with van der Waals surface area (Å²) in [6.07, 6.45) is 1.48. The highest BCUT2D eigenvalue weighted by Gasteiger charge is 2.50. The molecule has 0 unspecified atom stereocenters. The molecule has 1 saturated heterocycles. The van der Waals surface area contributed by atoms with Gasteiger partial charge >= 0.3 is 12.2 Å². The van der Waals surface area contributed by atoms with E-state index in [4.69, 9.17) is 9.47 Å². The van der Waals surface area contributed by atoms with E-state index in [9.17, 15) is 14.4 Å². The molecular formula is C31H32N2O5. The molecule has 5 rings (SSSR count). The first kappa shape index (κ1) is 25.5. The van der Waals surface area contributed by atoms with Gasteiger partial charge in [-0.3, -0.25) is 9.69 Å². The van der Waals surface area contributed by atoms with Gasteiger partial charge in [-0.15, -0.1) is 0 Å². The number of hydrogen-bond donors (Lipinski definition) is 0. The number of nitrogens with zero attached hydrogens (tertiary/aromatic N) is 2. The number of benzene rings is 3. The monoisotopic (exact) mass is 512 g/mol. The smallest absolute Gasteiger partial charge is 0.410 e. The van der Waals surface area contributed by atoms with Crippen molar-refractivity contribution in [3.63, 3.8) is 0 Å². The van der Waals surface area contributed by atoms with Crippen LogP contribution in [0.5, 0.6) is 0 Å². The van der Waals surface area contributed by atoms with Crippen LogP contribution in [0.1, 0.15) is 40.7 Å². The van der Waals surface area contributed by atoms with Gasteiger partial charge < -0.3 is 14.4 Å². The number of Topliss-reactive ketones (excluding diaryl/α,β-unsaturated/α-hetero) is 1. The molecule has 3 aromatic rings. The standard InChI is InChI=1S/C31H32N2O5/c34-28(25-14-8-3-9-15-25)20-33(31(36)38-22-24-12-6-2-7-13-24)27-17-16-26-18-19-32(29(26)27)30(35)37-21-23-10-4-1-5-11-23/h1-15,26-27,29H,16-22H2/t26-,27+,29+/m1/s1. The third kappa shape index (κ3) is 5.88. The van der Waals surface area contributed by atoms with E-state index in [0.29, 0.717) is 18.5 Å². The average Bonchev–Trinajstić information content (AvgIpc) is 3.58. The number of carbonyl (C=O) groups is 3. The van der Waals surface area contributed by atoms with E-state index in [1.807, 2.05) is 66.7 Å². The first-order valence-corrected chi connectivity index (χ1v) is 13.1. The third-order valence-corrected chi connectivity index (χ3v) is 7.50. The predicted octanol–water partition coefficient (Wildman–Crippen LogP) is 5.70. The van der Waals surface area contributed by atoms with Crippen LogP contribution in [-0.4, -0.2) is 52.9 Å². The summed E-state index contributed by atoms with van der Waals surface area (Å²) in [7, 11) is 0. The van der Waals surface area contributed by atoms with Gasteiger partial charge in [0.05, 0.1) is 18.6 Å². The molecule has 2 fully saturated rings. The van der Waals surface area contributed by atoms with E-state index < -0.39 is 6.09 Å². The molecule has 7 nitrogen and oxygen atoms in total. The highest BCUT2D eigenvalue weighted by atomic mass is 16.6. The molecule has 0 N–H and O–H groups in total. The quantitative estimate of drug-likeness (QED) is 0.362. The van der Waals surface area contributed by atoms with E-state index in [2.05, 4.69) is 0 Å². The molecule has 2 aliphatic rings. The van der Waals surface area contributed by atoms with Gasteiger partial charge in [-0.2, -0.15) is 0 Å². The summed E-state index contributed by atoms with van der Waals surface area (Å²) in [6, 6.07) is 27.4. The Morgan fingerprint density at radius 2 is 1.32 bits per heavy atom. The normalized spacial score (nSPS) is 20.0. The van der Waals surface area contributed by atoms with Crippen LogP contribution >= 0.6 is 0 Å². The molecule has 1 saturated carbocycles. The van der Waals surface area contributed by atoms with Gasteiger partial charge in [-0.1, -0.05) is 91.0 Å². The van der Waals surface area contributed by atoms with Gasteiger partial charge in [0.2, 0.25) is 0 Å². The second-order valence-corrected chi connectivity index (χ2v) is 9.87. The van der Waals surface area contributed by atoms with Crippen molar-refractivity contribution in [2.45, 2.75) is 44.6 Å². The number of amides is 2. The van der Waals surface area contributed by atoms with Crippen molar-refractivity contribution in [2.75, 3.05) is 13.1 Å². The largest absolute Gasteiger partial charge is 0.445 e. The van der Waals surface area contributed by atoms with Crippen LogP contribution in [0.4, 0.5) is 9.59 Å². The molecule has 3 atom stereocenters. The van der Waals surface area contributed by atoms with E-state index >= 15 is 0 Å². The molecule has 196 valence electrons. The number of carbonyl (C=O) groups excluding carboxylic acids is 3. The molecule has 1 heterocycles. The molecule has 2 amide bonds. The van der Waals surface area contributed by atoms with Gasteiger partial charge in [-0.05, 0) is 36.3 Å². The summed E-state index contributed by atoms with van der Waals surface area (Å²) in [5, 5.41) is 0. The van der Waals surface area contributed by atoms with Crippen LogP contribution in [0, 0.1) is 5.92 Å². The Labute approximate surface area is 223 Å². The molecule has 1 aliphatic carbocycles. The van der Waals surface area contributed by atoms with Gasteiger partial charge in [0, 0.05) is 12.1 Å². The third-order valence-electron chi connectivity index (χ3n) is 7.50. The van der Waals surface area contributed by atoms with Crippen molar-refractivity contribution in [3.8, 4) is 0 Å². The maximum Gasteiger partial charge on any atom is 0.410 e. The Balaban J connectivity index is 1.33. The van der Waals surface area contributed by atoms with Crippen molar-refractivity contribution in [2.24, 2.45) is 5.92 Å². The number of ketones is 1. The lowest BCUT2D eigenvalue weighted by molar-refractivity contribution is 0.0480. The average molecular weight is 513 g/mol. The first-order chi connectivity index (χ1) is 18.6. The van der Waals surface area contributed by atoms with Crippen LogP contribution in [-0.2, 0) is 22.7 Å². The minimum Gasteiger partial charge on any atom is -0.445 e. The zero-order valence-electron chi connectivity index (χ0n) is 21.3. The van der Waals surface area contributed by atoms with Gasteiger partial charge in [-0.25, -0.2) is 9.59 Å². The zero-order chi connectivity index (χ0) is 26.3. The molecule has 38 heavy (non-hydrogen) atoms. The molecule has 0 spiro atoms. The fraction of sp³-hybridized carbons (Fsp3) is 0.323. The Hall–Kier alpha value is -4.13. The van der Waals surface area contributed by atoms with Crippen LogP contribution in [0.25, 0.3) is 0 Å². The Bertz CT molecular complexity index is 1230. The van der Waals surface area contributed by atoms with Crippen LogP contribution in [0.3, 0.4) is 0 Å². The topological polar surface area (TPSA) is 76.2 Å². The number of likely N-dealkylation sites (tertiary alicyclic amines) is 1. The van der Waals surface area contributed by atoms with Gasteiger partial charge in [0.25, 0.3) is 0 Å². The van der Waals surface area contributed by atoms with Gasteiger partial charge in [0.1, 0.15) is 13.2 Å². The summed E-state index contributed by atoms with van der Waals surface area (Å²) < 4.78 is 11.3. The molecule has 0 bridgehead atoms. The molecule has 0 aromatic heterocycles. The lowest BCUT2D eigenvalue weighted by atomic mass is 10.0. The summed E-state index contributed by atoms with van der Waals surface area (Å²) in [5.41, 5.74) is 2.32. The number of fused-ring (bicyclic) bond motifs is 1. The molecule has 3 aromatic carbocycles. The fourth-order valence-corrected chi connectivity index (χ4v) is 5.62. The minimum atomic E-state index is -0.548. The van der Waals surface area contributed by atoms with Crippen molar-refractivity contribution in [1.29, 1.82) is 0 Å². The van der Waals surface area contributed by atoms with Crippen LogP contribution in [0.15, 0.2) is 91.0 Å². The maximum atomic E-state index is 13.5. The van der Waals surface area contributed by atoms with Gasteiger partial charge in [0.15, 0.2) is 5.78 Å². The molecule has 0 radical (unpaired) electrons. The Morgan fingerprint density at radius 1 is 0.737 bits per heavy atom. The van der Waals surface area contributed by atoms with E-state index in [1.54, 1.807) is 29.2 Å². The molecular weight excluding hydrogens is 480 g/mol. The lowest BCUT2D eigenvalue weighted by Crippen LogP contribution is -2.53. The second-order valence-electron chi connectivity index (χ2n) is 9.87. The zero-order valence-corrected chi connectivity index (χ0v) is 21.3. The van der Waals surface area contributed by atoms with Crippen molar-refractivity contribution >= 4 is 18.0 Å². The first-order valence-electron chi connectivity index (χ1n) is 13.1. The summed E-state index contributed by atoms with van der Waals surface area (Å²) in [6.45, 7) is 0.754.